The molecular weight excluding hydrogens is 563 g/mol. The van der Waals surface area contributed by atoms with Gasteiger partial charge in [0.2, 0.25) is 11.8 Å². The topological polar surface area (TPSA) is 60.9 Å². The van der Waals surface area contributed by atoms with Crippen molar-refractivity contribution in [3.05, 3.63) is 68.3 Å². The highest BCUT2D eigenvalue weighted by Gasteiger charge is 2.21. The number of aromatic nitrogens is 1. The second-order valence-corrected chi connectivity index (χ2v) is 8.36. The van der Waals surface area contributed by atoms with Crippen molar-refractivity contribution in [3.63, 3.8) is 0 Å². The molecular formula is C22H20BrIN2O4. The van der Waals surface area contributed by atoms with Gasteiger partial charge in [-0.15, -0.1) is 0 Å². The van der Waals surface area contributed by atoms with Crippen LogP contribution in [0.2, 0.25) is 0 Å². The molecule has 0 saturated heterocycles. The fourth-order valence-electron chi connectivity index (χ4n) is 2.85. The number of benzene rings is 2. The van der Waals surface area contributed by atoms with Crippen molar-refractivity contribution in [1.29, 1.82) is 0 Å². The molecule has 1 amide bonds. The van der Waals surface area contributed by atoms with E-state index in [-0.39, 0.29) is 12.5 Å². The van der Waals surface area contributed by atoms with E-state index in [1.165, 1.54) is 6.92 Å². The van der Waals surface area contributed by atoms with Crippen molar-refractivity contribution in [3.8, 4) is 23.1 Å². The molecule has 0 bridgehead atoms. The number of halogens is 2. The molecule has 0 atom stereocenters. The number of amides is 1. The van der Waals surface area contributed by atoms with Gasteiger partial charge in [-0.1, -0.05) is 0 Å². The van der Waals surface area contributed by atoms with Gasteiger partial charge in [-0.25, -0.2) is 4.98 Å². The zero-order chi connectivity index (χ0) is 21.7. The molecule has 0 spiro atoms. The van der Waals surface area contributed by atoms with E-state index in [2.05, 4.69) is 43.5 Å². The number of methoxy groups -OCH3 is 2. The molecule has 6 nitrogen and oxygen atoms in total. The van der Waals surface area contributed by atoms with Gasteiger partial charge in [0.25, 0.3) is 0 Å². The Bertz CT molecular complexity index is 1040. The lowest BCUT2D eigenvalue weighted by atomic mass is 10.1. The maximum absolute atomic E-state index is 12.6. The molecule has 0 aliphatic rings. The van der Waals surface area contributed by atoms with Crippen LogP contribution in [0.5, 0.6) is 23.1 Å². The lowest BCUT2D eigenvalue weighted by Gasteiger charge is -2.24. The summed E-state index contributed by atoms with van der Waals surface area (Å²) in [6.07, 6.45) is 0. The summed E-state index contributed by atoms with van der Waals surface area (Å²) in [7, 11) is 3.19. The van der Waals surface area contributed by atoms with Gasteiger partial charge in [0.15, 0.2) is 0 Å². The van der Waals surface area contributed by atoms with E-state index in [1.807, 2.05) is 42.5 Å². The molecule has 1 heterocycles. The lowest BCUT2D eigenvalue weighted by Crippen LogP contribution is -2.28. The van der Waals surface area contributed by atoms with E-state index in [1.54, 1.807) is 31.3 Å². The number of pyridine rings is 1. The molecule has 0 fully saturated rings. The Hall–Kier alpha value is -2.33. The first kappa shape index (κ1) is 22.4. The molecule has 1 aromatic heterocycles. The minimum absolute atomic E-state index is 0.156. The molecule has 0 aliphatic heterocycles. The zero-order valence-corrected chi connectivity index (χ0v) is 20.4. The van der Waals surface area contributed by atoms with Crippen LogP contribution < -0.4 is 19.1 Å². The van der Waals surface area contributed by atoms with Crippen LogP contribution in [0.1, 0.15) is 12.5 Å². The first-order valence-corrected chi connectivity index (χ1v) is 10.9. The van der Waals surface area contributed by atoms with Gasteiger partial charge < -0.3 is 19.1 Å². The third-order valence-corrected chi connectivity index (χ3v) is 5.48. The summed E-state index contributed by atoms with van der Waals surface area (Å²) in [6.45, 7) is 1.77. The van der Waals surface area contributed by atoms with Gasteiger partial charge in [-0.3, -0.25) is 4.79 Å². The van der Waals surface area contributed by atoms with Crippen LogP contribution in [-0.2, 0) is 11.3 Å². The molecule has 3 rings (SSSR count). The van der Waals surface area contributed by atoms with Crippen molar-refractivity contribution in [1.82, 2.24) is 4.98 Å². The Labute approximate surface area is 197 Å². The lowest BCUT2D eigenvalue weighted by molar-refractivity contribution is -0.116. The number of anilines is 1. The largest absolute Gasteiger partial charge is 0.497 e. The Morgan fingerprint density at radius 3 is 2.37 bits per heavy atom. The molecule has 0 N–H and O–H groups in total. The predicted molar refractivity (Wildman–Crippen MR) is 128 cm³/mol. The van der Waals surface area contributed by atoms with Crippen LogP contribution in [0.15, 0.2) is 59.2 Å². The second-order valence-electron chi connectivity index (χ2n) is 6.30. The van der Waals surface area contributed by atoms with E-state index < -0.39 is 0 Å². The van der Waals surface area contributed by atoms with Crippen LogP contribution in [0, 0.1) is 3.57 Å². The molecule has 0 radical (unpaired) electrons. The summed E-state index contributed by atoms with van der Waals surface area (Å²) in [5, 5.41) is 0. The quantitative estimate of drug-likeness (QED) is 0.260. The summed E-state index contributed by atoms with van der Waals surface area (Å²) in [4.78, 5) is 18.6. The number of nitrogens with zero attached hydrogens (tertiary/aromatic N) is 2. The van der Waals surface area contributed by atoms with E-state index in [4.69, 9.17) is 14.2 Å². The predicted octanol–water partition coefficient (Wildman–Crippen LogP) is 5.81. The molecule has 8 heteroatoms. The number of rotatable bonds is 7. The summed E-state index contributed by atoms with van der Waals surface area (Å²) < 4.78 is 18.5. The van der Waals surface area contributed by atoms with E-state index >= 15 is 0 Å². The highest BCUT2D eigenvalue weighted by Crippen LogP contribution is 2.35. The fourth-order valence-corrected chi connectivity index (χ4v) is 3.50. The molecule has 156 valence electrons. The van der Waals surface area contributed by atoms with Gasteiger partial charge in [0.05, 0.1) is 20.8 Å². The number of ether oxygens (including phenoxy) is 3. The van der Waals surface area contributed by atoms with Crippen molar-refractivity contribution in [2.75, 3.05) is 19.1 Å². The Morgan fingerprint density at radius 2 is 1.73 bits per heavy atom. The van der Waals surface area contributed by atoms with Crippen molar-refractivity contribution in [2.24, 2.45) is 0 Å². The number of carbonyl (C=O) groups is 1. The van der Waals surface area contributed by atoms with Gasteiger partial charge >= 0.3 is 0 Å². The third-order valence-electron chi connectivity index (χ3n) is 4.32. The van der Waals surface area contributed by atoms with Crippen molar-refractivity contribution < 1.29 is 19.0 Å². The van der Waals surface area contributed by atoms with Crippen LogP contribution in [0.3, 0.4) is 0 Å². The van der Waals surface area contributed by atoms with Crippen LogP contribution >= 0.6 is 38.5 Å². The normalized spacial score (nSPS) is 10.4. The van der Waals surface area contributed by atoms with Gasteiger partial charge in [-0.2, -0.15) is 0 Å². The Balaban J connectivity index is 2.00. The maximum atomic E-state index is 12.6. The number of hydrogen-bond acceptors (Lipinski definition) is 5. The van der Waals surface area contributed by atoms with Crippen molar-refractivity contribution >= 4 is 50.1 Å². The minimum Gasteiger partial charge on any atom is -0.497 e. The molecule has 0 aliphatic carbocycles. The molecule has 30 heavy (non-hydrogen) atoms. The monoisotopic (exact) mass is 582 g/mol. The number of hydrogen-bond donors (Lipinski definition) is 0. The summed E-state index contributed by atoms with van der Waals surface area (Å²) >= 11 is 5.61. The van der Waals surface area contributed by atoms with Gasteiger partial charge in [0.1, 0.15) is 27.5 Å². The van der Waals surface area contributed by atoms with Gasteiger partial charge in [0, 0.05) is 16.1 Å². The van der Waals surface area contributed by atoms with Crippen LogP contribution in [0.4, 0.5) is 5.69 Å². The molecule has 0 saturated carbocycles. The Kier molecular flexibility index (Phi) is 7.54. The first-order valence-electron chi connectivity index (χ1n) is 9.00. The average molecular weight is 583 g/mol. The first-order chi connectivity index (χ1) is 14.4. The second kappa shape index (κ2) is 10.1. The average Bonchev–Trinajstić information content (AvgIpc) is 2.74. The summed E-state index contributed by atoms with van der Waals surface area (Å²) in [6, 6.07) is 16.6. The van der Waals surface area contributed by atoms with Crippen LogP contribution in [-0.4, -0.2) is 25.1 Å². The van der Waals surface area contributed by atoms with Gasteiger partial charge in [-0.05, 0) is 93.1 Å². The SMILES string of the molecule is COc1ccc(OC)c(CN(C(C)=O)c2ccc(Br)nc2Oc2ccc(I)cc2)c1. The third kappa shape index (κ3) is 5.42. The molecule has 2 aromatic carbocycles. The van der Waals surface area contributed by atoms with E-state index in [0.29, 0.717) is 33.4 Å². The summed E-state index contributed by atoms with van der Waals surface area (Å²) in [5.41, 5.74) is 1.35. The van der Waals surface area contributed by atoms with E-state index in [0.717, 1.165) is 9.13 Å². The maximum Gasteiger partial charge on any atom is 0.244 e. The fraction of sp³-hybridized carbons (Fsp3) is 0.182. The minimum atomic E-state index is -0.156. The highest BCUT2D eigenvalue weighted by molar-refractivity contribution is 14.1. The van der Waals surface area contributed by atoms with Crippen LogP contribution in [0.25, 0.3) is 0 Å². The smallest absolute Gasteiger partial charge is 0.244 e. The Morgan fingerprint density at radius 1 is 1.03 bits per heavy atom. The highest BCUT2D eigenvalue weighted by atomic mass is 127. The summed E-state index contributed by atoms with van der Waals surface area (Å²) in [5.74, 6) is 2.13. The van der Waals surface area contributed by atoms with Crippen molar-refractivity contribution in [2.45, 2.75) is 13.5 Å². The van der Waals surface area contributed by atoms with E-state index in [9.17, 15) is 4.79 Å². The number of carbonyl (C=O) groups excluding carboxylic acids is 1. The standard InChI is InChI=1S/C22H20BrIN2O4/c1-14(27)26(13-15-12-18(28-2)8-10-20(15)29-3)19-9-11-21(23)25-22(19)30-17-6-4-16(24)5-7-17/h4-12H,13H2,1-3H3. The molecule has 3 aromatic rings. The zero-order valence-electron chi connectivity index (χ0n) is 16.7. The molecule has 0 unspecified atom stereocenters.